The number of imide groups is 1. The summed E-state index contributed by atoms with van der Waals surface area (Å²) in [5.74, 6) is 0.586. The third kappa shape index (κ3) is 4.89. The molecule has 0 radical (unpaired) electrons. The second-order valence-corrected chi connectivity index (χ2v) is 10.6. The van der Waals surface area contributed by atoms with E-state index in [0.29, 0.717) is 61.6 Å². The number of aryl methyl sites for hydroxylation is 2. The van der Waals surface area contributed by atoms with E-state index < -0.39 is 6.10 Å². The standard InChI is InChI=1S/C30H33N5O5/c1-19-16-20(2)35(32-19)15-12-31-28(36)21-10-13-33(14-11-21)24-7-5-6-23-27(24)30(38)34(29(23)37)17-22-18-39-25-8-3-4-9-26(25)40-22/h3-9,16,21-22H,10-15,17-18H2,1-2H3,(H,31,36). The van der Waals surface area contributed by atoms with E-state index in [1.54, 1.807) is 6.07 Å². The molecule has 1 aromatic heterocycles. The molecule has 1 atom stereocenters. The molecule has 0 spiro atoms. The van der Waals surface area contributed by atoms with Crippen LogP contribution in [0.1, 0.15) is 44.9 Å². The lowest BCUT2D eigenvalue weighted by atomic mass is 9.94. The summed E-state index contributed by atoms with van der Waals surface area (Å²) < 4.78 is 13.7. The maximum atomic E-state index is 13.5. The number of benzene rings is 2. The first-order chi connectivity index (χ1) is 19.4. The van der Waals surface area contributed by atoms with Crippen molar-refractivity contribution in [3.63, 3.8) is 0 Å². The number of hydrogen-bond acceptors (Lipinski definition) is 7. The van der Waals surface area contributed by atoms with E-state index in [1.165, 1.54) is 4.90 Å². The van der Waals surface area contributed by atoms with Gasteiger partial charge in [-0.15, -0.1) is 0 Å². The number of rotatable bonds is 7. The SMILES string of the molecule is Cc1cc(C)n(CCNC(=O)C2CCN(c3cccc4c3C(=O)N(CC3COc5ccccc5O3)C4=O)CC2)n1. The van der Waals surface area contributed by atoms with Gasteiger partial charge < -0.3 is 19.7 Å². The number of fused-ring (bicyclic) bond motifs is 2. The predicted molar refractivity (Wildman–Crippen MR) is 148 cm³/mol. The van der Waals surface area contributed by atoms with Crippen LogP contribution in [0.2, 0.25) is 0 Å². The van der Waals surface area contributed by atoms with Crippen molar-refractivity contribution < 1.29 is 23.9 Å². The minimum absolute atomic E-state index is 0.0492. The van der Waals surface area contributed by atoms with Gasteiger partial charge in [0.15, 0.2) is 17.6 Å². The molecule has 3 aliphatic heterocycles. The molecule has 40 heavy (non-hydrogen) atoms. The van der Waals surface area contributed by atoms with Crippen molar-refractivity contribution in [3.8, 4) is 11.5 Å². The summed E-state index contributed by atoms with van der Waals surface area (Å²) in [6.45, 7) is 6.76. The Morgan fingerprint density at radius 3 is 2.55 bits per heavy atom. The van der Waals surface area contributed by atoms with Gasteiger partial charge in [-0.3, -0.25) is 24.0 Å². The van der Waals surface area contributed by atoms with E-state index in [0.717, 1.165) is 17.1 Å². The second kappa shape index (κ2) is 10.7. The van der Waals surface area contributed by atoms with E-state index in [4.69, 9.17) is 9.47 Å². The number of aromatic nitrogens is 2. The lowest BCUT2D eigenvalue weighted by Crippen LogP contribution is -2.44. The zero-order valence-corrected chi connectivity index (χ0v) is 22.8. The van der Waals surface area contributed by atoms with Gasteiger partial charge in [0.2, 0.25) is 5.91 Å². The number of carbonyl (C=O) groups excluding carboxylic acids is 3. The fourth-order valence-electron chi connectivity index (χ4n) is 5.81. The Morgan fingerprint density at radius 2 is 1.80 bits per heavy atom. The van der Waals surface area contributed by atoms with E-state index in [2.05, 4.69) is 15.3 Å². The molecule has 3 aromatic rings. The van der Waals surface area contributed by atoms with Crippen LogP contribution in [0.25, 0.3) is 0 Å². The monoisotopic (exact) mass is 543 g/mol. The molecule has 6 rings (SSSR count). The molecule has 0 bridgehead atoms. The van der Waals surface area contributed by atoms with Crippen LogP contribution >= 0.6 is 0 Å². The number of anilines is 1. The van der Waals surface area contributed by atoms with Crippen molar-refractivity contribution in [2.24, 2.45) is 5.92 Å². The number of carbonyl (C=O) groups is 3. The molecule has 4 heterocycles. The zero-order chi connectivity index (χ0) is 27.8. The molecule has 1 saturated heterocycles. The normalized spacial score (nSPS) is 18.7. The van der Waals surface area contributed by atoms with Crippen LogP contribution < -0.4 is 19.7 Å². The third-order valence-electron chi connectivity index (χ3n) is 7.86. The van der Waals surface area contributed by atoms with E-state index >= 15 is 0 Å². The molecule has 0 aliphatic carbocycles. The quantitative estimate of drug-likeness (QED) is 0.457. The van der Waals surface area contributed by atoms with Gasteiger partial charge in [0.1, 0.15) is 6.61 Å². The average molecular weight is 544 g/mol. The minimum Gasteiger partial charge on any atom is -0.486 e. The Hall–Kier alpha value is -4.34. The number of para-hydroxylation sites is 2. The Labute approximate surface area is 232 Å². The molecule has 208 valence electrons. The lowest BCUT2D eigenvalue weighted by Gasteiger charge is -2.34. The van der Waals surface area contributed by atoms with Gasteiger partial charge in [-0.2, -0.15) is 5.10 Å². The summed E-state index contributed by atoms with van der Waals surface area (Å²) in [5.41, 5.74) is 3.62. The minimum atomic E-state index is -0.448. The first-order valence-corrected chi connectivity index (χ1v) is 13.8. The van der Waals surface area contributed by atoms with Crippen molar-refractivity contribution in [2.75, 3.05) is 37.7 Å². The van der Waals surface area contributed by atoms with Gasteiger partial charge in [-0.05, 0) is 57.0 Å². The highest BCUT2D eigenvalue weighted by molar-refractivity contribution is 6.23. The number of ether oxygens (including phenoxy) is 2. The summed E-state index contributed by atoms with van der Waals surface area (Å²) in [6, 6.07) is 14.8. The summed E-state index contributed by atoms with van der Waals surface area (Å²) in [5, 5.41) is 7.49. The van der Waals surface area contributed by atoms with E-state index in [1.807, 2.05) is 61.0 Å². The molecule has 2 aromatic carbocycles. The Bertz CT molecular complexity index is 1460. The number of hydrogen-bond donors (Lipinski definition) is 1. The van der Waals surface area contributed by atoms with Gasteiger partial charge in [-0.25, -0.2) is 0 Å². The van der Waals surface area contributed by atoms with E-state index in [-0.39, 0.29) is 36.8 Å². The van der Waals surface area contributed by atoms with Crippen LogP contribution in [-0.2, 0) is 11.3 Å². The number of piperidine rings is 1. The summed E-state index contributed by atoms with van der Waals surface area (Å²) in [4.78, 5) is 43.0. The lowest BCUT2D eigenvalue weighted by molar-refractivity contribution is -0.125. The topological polar surface area (TPSA) is 106 Å². The summed E-state index contributed by atoms with van der Waals surface area (Å²) in [6.07, 6.45) is 0.901. The third-order valence-corrected chi connectivity index (χ3v) is 7.86. The molecule has 10 heteroatoms. The molecular weight excluding hydrogens is 510 g/mol. The summed E-state index contributed by atoms with van der Waals surface area (Å²) >= 11 is 0. The molecule has 1 unspecified atom stereocenters. The highest BCUT2D eigenvalue weighted by Crippen LogP contribution is 2.35. The first-order valence-electron chi connectivity index (χ1n) is 13.8. The largest absolute Gasteiger partial charge is 0.486 e. The molecule has 0 saturated carbocycles. The fourth-order valence-corrected chi connectivity index (χ4v) is 5.81. The molecular formula is C30H33N5O5. The predicted octanol–water partition coefficient (Wildman–Crippen LogP) is 2.97. The highest BCUT2D eigenvalue weighted by atomic mass is 16.6. The highest BCUT2D eigenvalue weighted by Gasteiger charge is 2.41. The Balaban J connectivity index is 1.07. The smallest absolute Gasteiger partial charge is 0.263 e. The number of amides is 3. The second-order valence-electron chi connectivity index (χ2n) is 10.6. The zero-order valence-electron chi connectivity index (χ0n) is 22.8. The molecule has 1 fully saturated rings. The van der Waals surface area contributed by atoms with Crippen molar-refractivity contribution in [1.82, 2.24) is 20.0 Å². The fraction of sp³-hybridized carbons (Fsp3) is 0.400. The van der Waals surface area contributed by atoms with Crippen molar-refractivity contribution >= 4 is 23.4 Å². The van der Waals surface area contributed by atoms with Crippen LogP contribution in [0.3, 0.4) is 0 Å². The maximum Gasteiger partial charge on any atom is 0.263 e. The number of nitrogens with zero attached hydrogens (tertiary/aromatic N) is 4. The van der Waals surface area contributed by atoms with Crippen molar-refractivity contribution in [2.45, 2.75) is 39.3 Å². The van der Waals surface area contributed by atoms with Crippen LogP contribution in [0.15, 0.2) is 48.5 Å². The van der Waals surface area contributed by atoms with Crippen LogP contribution in [-0.4, -0.2) is 71.3 Å². The van der Waals surface area contributed by atoms with Crippen LogP contribution in [0.5, 0.6) is 11.5 Å². The van der Waals surface area contributed by atoms with Gasteiger partial charge in [0.05, 0.1) is 35.6 Å². The molecule has 3 aliphatic rings. The Kier molecular flexibility index (Phi) is 6.91. The average Bonchev–Trinajstić information content (AvgIpc) is 3.42. The van der Waals surface area contributed by atoms with Crippen molar-refractivity contribution in [1.29, 1.82) is 0 Å². The molecule has 1 N–H and O–H groups in total. The van der Waals surface area contributed by atoms with Crippen LogP contribution in [0.4, 0.5) is 5.69 Å². The van der Waals surface area contributed by atoms with Gasteiger partial charge in [0.25, 0.3) is 11.8 Å². The van der Waals surface area contributed by atoms with E-state index in [9.17, 15) is 14.4 Å². The van der Waals surface area contributed by atoms with Crippen LogP contribution in [0, 0.1) is 19.8 Å². The molecule has 3 amide bonds. The van der Waals surface area contributed by atoms with Gasteiger partial charge in [-0.1, -0.05) is 18.2 Å². The Morgan fingerprint density at radius 1 is 1.02 bits per heavy atom. The van der Waals surface area contributed by atoms with Gasteiger partial charge in [0, 0.05) is 31.2 Å². The van der Waals surface area contributed by atoms with Crippen molar-refractivity contribution in [3.05, 3.63) is 71.0 Å². The first kappa shape index (κ1) is 25.9. The maximum absolute atomic E-state index is 13.5. The summed E-state index contributed by atoms with van der Waals surface area (Å²) in [7, 11) is 0. The molecule has 10 nitrogen and oxygen atoms in total. The van der Waals surface area contributed by atoms with Gasteiger partial charge >= 0.3 is 0 Å². The number of nitrogens with one attached hydrogen (secondary N) is 1.